The third-order valence-corrected chi connectivity index (χ3v) is 5.12. The third-order valence-electron chi connectivity index (χ3n) is 3.53. The Morgan fingerprint density at radius 3 is 2.91 bits per heavy atom. The fourth-order valence-electron chi connectivity index (χ4n) is 2.47. The first kappa shape index (κ1) is 16.4. The van der Waals surface area contributed by atoms with Crippen molar-refractivity contribution in [2.24, 2.45) is 0 Å². The maximum absolute atomic E-state index is 12.1. The molecule has 1 heterocycles. The van der Waals surface area contributed by atoms with E-state index in [1.54, 1.807) is 19.1 Å². The van der Waals surface area contributed by atoms with E-state index in [-0.39, 0.29) is 5.91 Å². The minimum Gasteiger partial charge on any atom is -0.383 e. The lowest BCUT2D eigenvalue weighted by atomic mass is 10.0. The Kier molecular flexibility index (Phi) is 5.25. The van der Waals surface area contributed by atoms with Gasteiger partial charge in [0.2, 0.25) is 5.91 Å². The van der Waals surface area contributed by atoms with Crippen molar-refractivity contribution in [2.75, 3.05) is 31.1 Å². The zero-order valence-corrected chi connectivity index (χ0v) is 15.1. The minimum atomic E-state index is -0.0113. The minimum absolute atomic E-state index is 0.0113. The van der Waals surface area contributed by atoms with Crippen LogP contribution in [-0.4, -0.2) is 32.7 Å². The summed E-state index contributed by atoms with van der Waals surface area (Å²) in [5.74, 6) is -0.0113. The van der Waals surface area contributed by atoms with Gasteiger partial charge in [-0.15, -0.1) is 0 Å². The predicted octanol–water partition coefficient (Wildman–Crippen LogP) is 3.71. The highest BCUT2D eigenvalue weighted by molar-refractivity contribution is 9.10. The number of hydrogen-bond acceptors (Lipinski definition) is 4. The van der Waals surface area contributed by atoms with Crippen molar-refractivity contribution in [1.82, 2.24) is 5.32 Å². The summed E-state index contributed by atoms with van der Waals surface area (Å²) in [6.45, 7) is 1.35. The fourth-order valence-corrected chi connectivity index (χ4v) is 3.93. The largest absolute Gasteiger partial charge is 0.383 e. The van der Waals surface area contributed by atoms with E-state index in [0.717, 1.165) is 20.6 Å². The van der Waals surface area contributed by atoms with Gasteiger partial charge in [0.1, 0.15) is 6.54 Å². The monoisotopic (exact) mass is 392 g/mol. The second kappa shape index (κ2) is 7.38. The topological polar surface area (TPSA) is 41.6 Å². The number of nitrogens with zero attached hydrogens (tertiary/aromatic N) is 1. The molecule has 0 radical (unpaired) electrons. The molecule has 0 bridgehead atoms. The van der Waals surface area contributed by atoms with Crippen LogP contribution in [0.3, 0.4) is 0 Å². The molecule has 4 nitrogen and oxygen atoms in total. The van der Waals surface area contributed by atoms with Crippen LogP contribution >= 0.6 is 27.9 Å². The van der Waals surface area contributed by atoms with Gasteiger partial charge in [0.15, 0.2) is 0 Å². The van der Waals surface area contributed by atoms with Gasteiger partial charge in [0.25, 0.3) is 0 Å². The lowest BCUT2D eigenvalue weighted by Gasteiger charge is -2.31. The zero-order chi connectivity index (χ0) is 16.2. The maximum atomic E-state index is 12.1. The Morgan fingerprint density at radius 1 is 1.26 bits per heavy atom. The molecule has 3 rings (SSSR count). The van der Waals surface area contributed by atoms with Crippen LogP contribution in [0.15, 0.2) is 51.8 Å². The van der Waals surface area contributed by atoms with Gasteiger partial charge in [-0.1, -0.05) is 34.1 Å². The number of methoxy groups -OCH3 is 1. The number of halogens is 1. The highest BCUT2D eigenvalue weighted by atomic mass is 79.9. The number of amides is 1. The van der Waals surface area contributed by atoms with Crippen LogP contribution in [0.5, 0.6) is 0 Å². The van der Waals surface area contributed by atoms with Gasteiger partial charge in [-0.25, -0.2) is 0 Å². The van der Waals surface area contributed by atoms with Gasteiger partial charge in [-0.2, -0.15) is 0 Å². The number of fused-ring (bicyclic) bond motifs is 3. The number of hydrogen-bond donors (Lipinski definition) is 1. The van der Waals surface area contributed by atoms with Gasteiger partial charge in [-0.3, -0.25) is 4.79 Å². The van der Waals surface area contributed by atoms with Crippen LogP contribution < -0.4 is 9.62 Å². The summed E-state index contributed by atoms with van der Waals surface area (Å²) in [5, 5.41) is 2.87. The average molecular weight is 393 g/mol. The van der Waals surface area contributed by atoms with Crippen LogP contribution in [-0.2, 0) is 9.53 Å². The van der Waals surface area contributed by atoms with Crippen molar-refractivity contribution < 1.29 is 9.53 Å². The number of ether oxygens (including phenoxy) is 1. The molecular weight excluding hydrogens is 376 g/mol. The zero-order valence-electron chi connectivity index (χ0n) is 12.7. The normalized spacial score (nSPS) is 12.5. The van der Waals surface area contributed by atoms with E-state index < -0.39 is 0 Å². The highest BCUT2D eigenvalue weighted by Gasteiger charge is 2.24. The maximum Gasteiger partial charge on any atom is 0.240 e. The molecule has 1 aliphatic heterocycles. The molecular formula is C17H17BrN2O2S. The molecule has 1 N–H and O–H groups in total. The Balaban J connectivity index is 1.85. The number of nitrogens with one attached hydrogen (secondary N) is 1. The Bertz CT molecular complexity index is 723. The number of carbonyl (C=O) groups is 1. The van der Waals surface area contributed by atoms with Gasteiger partial charge < -0.3 is 14.4 Å². The van der Waals surface area contributed by atoms with Crippen LogP contribution in [0.1, 0.15) is 0 Å². The number of rotatable bonds is 5. The SMILES string of the molecule is COCCNC(=O)CN1Sc2ccccc2-c2cc(Br)ccc21. The first-order valence-electron chi connectivity index (χ1n) is 7.29. The molecule has 0 saturated heterocycles. The molecule has 0 atom stereocenters. The summed E-state index contributed by atoms with van der Waals surface area (Å²) in [6, 6.07) is 14.4. The van der Waals surface area contributed by atoms with E-state index in [0.29, 0.717) is 19.7 Å². The summed E-state index contributed by atoms with van der Waals surface area (Å²) < 4.78 is 8.02. The van der Waals surface area contributed by atoms with Gasteiger partial charge in [0.05, 0.1) is 12.3 Å². The lowest BCUT2D eigenvalue weighted by Crippen LogP contribution is -2.36. The van der Waals surface area contributed by atoms with Crippen LogP contribution in [0, 0.1) is 0 Å². The molecule has 2 aromatic carbocycles. The van der Waals surface area contributed by atoms with E-state index >= 15 is 0 Å². The number of carbonyl (C=O) groups excluding carboxylic acids is 1. The second-order valence-electron chi connectivity index (χ2n) is 5.13. The van der Waals surface area contributed by atoms with Crippen molar-refractivity contribution in [3.05, 3.63) is 46.9 Å². The van der Waals surface area contributed by atoms with Gasteiger partial charge in [0, 0.05) is 28.6 Å². The second-order valence-corrected chi connectivity index (χ2v) is 7.11. The quantitative estimate of drug-likeness (QED) is 0.621. The summed E-state index contributed by atoms with van der Waals surface area (Å²) >= 11 is 5.14. The van der Waals surface area contributed by atoms with E-state index in [1.165, 1.54) is 5.56 Å². The summed E-state index contributed by atoms with van der Waals surface area (Å²) in [5.41, 5.74) is 3.39. The first-order valence-corrected chi connectivity index (χ1v) is 8.86. The standard InChI is InChI=1S/C17H17BrN2O2S/c1-22-9-8-19-17(21)11-20-15-7-6-12(18)10-14(15)13-4-2-3-5-16(13)23-20/h2-7,10H,8-9,11H2,1H3,(H,19,21). The smallest absolute Gasteiger partial charge is 0.240 e. The van der Waals surface area contributed by atoms with Crippen molar-refractivity contribution in [3.63, 3.8) is 0 Å². The average Bonchev–Trinajstić information content (AvgIpc) is 2.55. The molecule has 0 unspecified atom stereocenters. The first-order chi connectivity index (χ1) is 11.2. The molecule has 0 saturated carbocycles. The van der Waals surface area contributed by atoms with Crippen molar-refractivity contribution >= 4 is 39.5 Å². The Morgan fingerprint density at radius 2 is 2.09 bits per heavy atom. The molecule has 120 valence electrons. The van der Waals surface area contributed by atoms with E-state index in [9.17, 15) is 4.79 Å². The number of anilines is 1. The molecule has 6 heteroatoms. The third kappa shape index (κ3) is 3.71. The Hall–Kier alpha value is -1.50. The van der Waals surface area contributed by atoms with E-state index in [2.05, 4.69) is 39.4 Å². The lowest BCUT2D eigenvalue weighted by molar-refractivity contribution is -0.119. The predicted molar refractivity (Wildman–Crippen MR) is 97.7 cm³/mol. The van der Waals surface area contributed by atoms with Gasteiger partial charge in [-0.05, 0) is 41.8 Å². The molecule has 0 fully saturated rings. The fraction of sp³-hybridized carbons (Fsp3) is 0.235. The summed E-state index contributed by atoms with van der Waals surface area (Å²) in [7, 11) is 1.62. The molecule has 1 aliphatic rings. The molecule has 0 spiro atoms. The molecule has 0 aromatic heterocycles. The van der Waals surface area contributed by atoms with Gasteiger partial charge >= 0.3 is 0 Å². The van der Waals surface area contributed by atoms with E-state index in [4.69, 9.17) is 4.74 Å². The van der Waals surface area contributed by atoms with Crippen LogP contribution in [0.2, 0.25) is 0 Å². The van der Waals surface area contributed by atoms with Crippen molar-refractivity contribution in [3.8, 4) is 11.1 Å². The van der Waals surface area contributed by atoms with Crippen LogP contribution in [0.25, 0.3) is 11.1 Å². The van der Waals surface area contributed by atoms with Crippen molar-refractivity contribution in [2.45, 2.75) is 4.90 Å². The molecule has 23 heavy (non-hydrogen) atoms. The summed E-state index contributed by atoms with van der Waals surface area (Å²) in [4.78, 5) is 13.3. The summed E-state index contributed by atoms with van der Waals surface area (Å²) in [6.07, 6.45) is 0. The van der Waals surface area contributed by atoms with Crippen LogP contribution in [0.4, 0.5) is 5.69 Å². The van der Waals surface area contributed by atoms with Crippen molar-refractivity contribution in [1.29, 1.82) is 0 Å². The highest BCUT2D eigenvalue weighted by Crippen LogP contribution is 2.46. The number of benzene rings is 2. The van der Waals surface area contributed by atoms with E-state index in [1.807, 2.05) is 28.6 Å². The Labute approximate surface area is 148 Å². The molecule has 0 aliphatic carbocycles. The molecule has 2 aromatic rings. The molecule has 1 amide bonds.